The molecule has 1 aromatic carbocycles. The van der Waals surface area contributed by atoms with Crippen LogP contribution in [0.15, 0.2) is 24.3 Å². The first-order valence-electron chi connectivity index (χ1n) is 7.07. The van der Waals surface area contributed by atoms with E-state index in [0.717, 1.165) is 17.2 Å². The number of aliphatic hydroxyl groups is 1. The highest BCUT2D eigenvalue weighted by atomic mass is 16.5. The minimum absolute atomic E-state index is 0.281. The first-order chi connectivity index (χ1) is 8.63. The molecule has 2 nitrogen and oxygen atoms in total. The standard InChI is InChI=1S/C16H24O2/c1-12-3-7-15(8-4-12)18-16-9-5-14(6-10-16)11-13(2)17/h5-6,9-10,12-13,15,17H,3-4,7-8,11H2,1-2H3. The van der Waals surface area contributed by atoms with Gasteiger partial charge in [0.15, 0.2) is 0 Å². The van der Waals surface area contributed by atoms with Crippen molar-refractivity contribution >= 4 is 0 Å². The molecular formula is C16H24O2. The average molecular weight is 248 g/mol. The number of ether oxygens (including phenoxy) is 1. The maximum absolute atomic E-state index is 9.33. The van der Waals surface area contributed by atoms with Crippen molar-refractivity contribution in [3.63, 3.8) is 0 Å². The zero-order valence-corrected chi connectivity index (χ0v) is 11.4. The van der Waals surface area contributed by atoms with Gasteiger partial charge in [-0.3, -0.25) is 0 Å². The van der Waals surface area contributed by atoms with Crippen LogP contribution < -0.4 is 4.74 Å². The van der Waals surface area contributed by atoms with Crippen molar-refractivity contribution in [2.45, 2.75) is 58.2 Å². The Morgan fingerprint density at radius 2 is 1.78 bits per heavy atom. The summed E-state index contributed by atoms with van der Waals surface area (Å²) in [5.74, 6) is 1.82. The molecule has 1 saturated carbocycles. The zero-order chi connectivity index (χ0) is 13.0. The highest BCUT2D eigenvalue weighted by Gasteiger charge is 2.19. The maximum Gasteiger partial charge on any atom is 0.119 e. The van der Waals surface area contributed by atoms with Crippen molar-refractivity contribution in [3.8, 4) is 5.75 Å². The second-order valence-electron chi connectivity index (χ2n) is 5.70. The number of benzene rings is 1. The lowest BCUT2D eigenvalue weighted by molar-refractivity contribution is 0.135. The maximum atomic E-state index is 9.33. The lowest BCUT2D eigenvalue weighted by atomic mass is 9.89. The van der Waals surface area contributed by atoms with Crippen molar-refractivity contribution in [3.05, 3.63) is 29.8 Å². The van der Waals surface area contributed by atoms with Crippen LogP contribution >= 0.6 is 0 Å². The molecule has 1 aliphatic rings. The van der Waals surface area contributed by atoms with Gasteiger partial charge in [0, 0.05) is 0 Å². The molecule has 100 valence electrons. The molecule has 0 saturated heterocycles. The molecule has 0 spiro atoms. The molecule has 0 heterocycles. The zero-order valence-electron chi connectivity index (χ0n) is 11.4. The molecule has 1 unspecified atom stereocenters. The Labute approximate surface area is 110 Å². The molecule has 2 rings (SSSR count). The molecule has 1 aliphatic carbocycles. The lowest BCUT2D eigenvalue weighted by Gasteiger charge is -2.26. The summed E-state index contributed by atoms with van der Waals surface area (Å²) in [6.45, 7) is 4.13. The summed E-state index contributed by atoms with van der Waals surface area (Å²) in [6, 6.07) is 8.15. The molecule has 0 radical (unpaired) electrons. The van der Waals surface area contributed by atoms with E-state index in [1.807, 2.05) is 31.2 Å². The Bertz CT molecular complexity index is 348. The Morgan fingerprint density at radius 1 is 1.17 bits per heavy atom. The molecule has 0 aliphatic heterocycles. The highest BCUT2D eigenvalue weighted by Crippen LogP contribution is 2.27. The summed E-state index contributed by atoms with van der Waals surface area (Å²) >= 11 is 0. The molecule has 1 fully saturated rings. The van der Waals surface area contributed by atoms with Gasteiger partial charge in [-0.1, -0.05) is 19.1 Å². The van der Waals surface area contributed by atoms with Crippen LogP contribution in [0.4, 0.5) is 0 Å². The molecule has 1 aromatic rings. The normalized spacial score (nSPS) is 25.7. The summed E-state index contributed by atoms with van der Waals surface area (Å²) in [5.41, 5.74) is 1.16. The summed E-state index contributed by atoms with van der Waals surface area (Å²) in [6.07, 6.45) is 5.74. The second kappa shape index (κ2) is 6.24. The van der Waals surface area contributed by atoms with Gasteiger partial charge in [-0.25, -0.2) is 0 Å². The van der Waals surface area contributed by atoms with Crippen molar-refractivity contribution < 1.29 is 9.84 Å². The van der Waals surface area contributed by atoms with Crippen LogP contribution in [0, 0.1) is 5.92 Å². The molecule has 0 bridgehead atoms. The second-order valence-corrected chi connectivity index (χ2v) is 5.70. The van der Waals surface area contributed by atoms with Gasteiger partial charge < -0.3 is 9.84 Å². The monoisotopic (exact) mass is 248 g/mol. The van der Waals surface area contributed by atoms with E-state index in [-0.39, 0.29) is 6.10 Å². The quantitative estimate of drug-likeness (QED) is 0.882. The van der Waals surface area contributed by atoms with E-state index in [1.165, 1.54) is 25.7 Å². The van der Waals surface area contributed by atoms with Crippen LogP contribution in [0.1, 0.15) is 45.1 Å². The van der Waals surface area contributed by atoms with Gasteiger partial charge in [-0.05, 0) is 62.6 Å². The van der Waals surface area contributed by atoms with Gasteiger partial charge in [-0.15, -0.1) is 0 Å². The summed E-state index contributed by atoms with van der Waals surface area (Å²) in [4.78, 5) is 0. The van der Waals surface area contributed by atoms with Gasteiger partial charge in [0.1, 0.15) is 5.75 Å². The fraction of sp³-hybridized carbons (Fsp3) is 0.625. The highest BCUT2D eigenvalue weighted by molar-refractivity contribution is 5.27. The Kier molecular flexibility index (Phi) is 4.65. The van der Waals surface area contributed by atoms with Gasteiger partial charge in [0.05, 0.1) is 12.2 Å². The van der Waals surface area contributed by atoms with E-state index in [1.54, 1.807) is 0 Å². The molecule has 2 heteroatoms. The summed E-state index contributed by atoms with van der Waals surface area (Å²) in [5, 5.41) is 9.33. The van der Waals surface area contributed by atoms with Crippen molar-refractivity contribution in [2.75, 3.05) is 0 Å². The molecule has 1 atom stereocenters. The molecule has 0 amide bonds. The van der Waals surface area contributed by atoms with Gasteiger partial charge in [-0.2, -0.15) is 0 Å². The Morgan fingerprint density at radius 3 is 2.33 bits per heavy atom. The fourth-order valence-electron chi connectivity index (χ4n) is 2.59. The van der Waals surface area contributed by atoms with Gasteiger partial charge in [0.25, 0.3) is 0 Å². The molecular weight excluding hydrogens is 224 g/mol. The van der Waals surface area contributed by atoms with E-state index in [0.29, 0.717) is 12.5 Å². The van der Waals surface area contributed by atoms with Crippen molar-refractivity contribution in [1.82, 2.24) is 0 Å². The molecule has 18 heavy (non-hydrogen) atoms. The molecule has 1 N–H and O–H groups in total. The lowest BCUT2D eigenvalue weighted by Crippen LogP contribution is -2.22. The van der Waals surface area contributed by atoms with Gasteiger partial charge >= 0.3 is 0 Å². The van der Waals surface area contributed by atoms with E-state index >= 15 is 0 Å². The SMILES string of the molecule is CC(O)Cc1ccc(OC2CCC(C)CC2)cc1. The van der Waals surface area contributed by atoms with E-state index in [4.69, 9.17) is 4.74 Å². The average Bonchev–Trinajstić information content (AvgIpc) is 2.34. The van der Waals surface area contributed by atoms with Crippen LogP contribution in [0.3, 0.4) is 0 Å². The smallest absolute Gasteiger partial charge is 0.119 e. The van der Waals surface area contributed by atoms with Crippen LogP contribution in [0.25, 0.3) is 0 Å². The van der Waals surface area contributed by atoms with Crippen LogP contribution in [-0.4, -0.2) is 17.3 Å². The Hall–Kier alpha value is -1.02. The summed E-state index contributed by atoms with van der Waals surface area (Å²) in [7, 11) is 0. The first kappa shape index (κ1) is 13.4. The minimum Gasteiger partial charge on any atom is -0.490 e. The summed E-state index contributed by atoms with van der Waals surface area (Å²) < 4.78 is 6.00. The van der Waals surface area contributed by atoms with Crippen molar-refractivity contribution in [1.29, 1.82) is 0 Å². The predicted octanol–water partition coefficient (Wildman–Crippen LogP) is 3.57. The minimum atomic E-state index is -0.281. The number of hydrogen-bond donors (Lipinski definition) is 1. The van der Waals surface area contributed by atoms with E-state index < -0.39 is 0 Å². The van der Waals surface area contributed by atoms with Crippen LogP contribution in [0.2, 0.25) is 0 Å². The predicted molar refractivity (Wildman–Crippen MR) is 73.9 cm³/mol. The third kappa shape index (κ3) is 4.02. The van der Waals surface area contributed by atoms with Gasteiger partial charge in [0.2, 0.25) is 0 Å². The topological polar surface area (TPSA) is 29.5 Å². The largest absolute Gasteiger partial charge is 0.490 e. The molecule has 0 aromatic heterocycles. The van der Waals surface area contributed by atoms with E-state index in [2.05, 4.69) is 6.92 Å². The number of aliphatic hydroxyl groups excluding tert-OH is 1. The Balaban J connectivity index is 1.86. The van der Waals surface area contributed by atoms with E-state index in [9.17, 15) is 5.11 Å². The van der Waals surface area contributed by atoms with Crippen molar-refractivity contribution in [2.24, 2.45) is 5.92 Å². The number of rotatable bonds is 4. The number of hydrogen-bond acceptors (Lipinski definition) is 2. The van der Waals surface area contributed by atoms with Crippen LogP contribution in [0.5, 0.6) is 5.75 Å². The first-order valence-corrected chi connectivity index (χ1v) is 7.07. The van der Waals surface area contributed by atoms with Crippen LogP contribution in [-0.2, 0) is 6.42 Å². The third-order valence-corrected chi connectivity index (χ3v) is 3.72. The third-order valence-electron chi connectivity index (χ3n) is 3.72. The fourth-order valence-corrected chi connectivity index (χ4v) is 2.59.